The zero-order chi connectivity index (χ0) is 25.0. The lowest BCUT2D eigenvalue weighted by Crippen LogP contribution is -2.41. The average molecular weight is 503 g/mol. The first-order valence-electron chi connectivity index (χ1n) is 10.8. The van der Waals surface area contributed by atoms with Crippen LogP contribution in [0.3, 0.4) is 0 Å². The monoisotopic (exact) mass is 502 g/mol. The average Bonchev–Trinajstić information content (AvgIpc) is 3.26. The van der Waals surface area contributed by atoms with Crippen molar-refractivity contribution in [3.05, 3.63) is 68.6 Å². The van der Waals surface area contributed by atoms with Crippen LogP contribution in [0, 0.1) is 6.92 Å². The molecule has 3 aromatic heterocycles. The molecule has 0 amide bonds. The van der Waals surface area contributed by atoms with Crippen LogP contribution < -0.4 is 16.0 Å². The summed E-state index contributed by atoms with van der Waals surface area (Å²) in [5.41, 5.74) is -1.49. The summed E-state index contributed by atoms with van der Waals surface area (Å²) >= 11 is 0. The van der Waals surface area contributed by atoms with Crippen LogP contribution >= 0.6 is 0 Å². The van der Waals surface area contributed by atoms with E-state index in [1.807, 2.05) is 0 Å². The SMILES string of the molecule is Cc1nc(Cn2c(=O)n(Cc3cnn(C)c3)c(=O)c3cc(S(=O)(=O)NC4(CF)CC4)ccc32)n[nH]1. The number of H-pyrrole nitrogens is 1. The Labute approximate surface area is 198 Å². The van der Waals surface area contributed by atoms with Gasteiger partial charge in [-0.1, -0.05) is 0 Å². The molecule has 12 nitrogen and oxygen atoms in total. The molecule has 35 heavy (non-hydrogen) atoms. The van der Waals surface area contributed by atoms with Gasteiger partial charge in [0.2, 0.25) is 10.0 Å². The molecule has 1 fully saturated rings. The summed E-state index contributed by atoms with van der Waals surface area (Å²) in [6.07, 6.45) is 4.03. The molecule has 0 aliphatic heterocycles. The molecule has 0 radical (unpaired) electrons. The fraction of sp³-hybridized carbons (Fsp3) is 0.381. The van der Waals surface area contributed by atoms with Gasteiger partial charge in [-0.2, -0.15) is 10.2 Å². The number of benzene rings is 1. The molecule has 14 heteroatoms. The number of rotatable bonds is 8. The number of aromatic nitrogens is 7. The Bertz CT molecular complexity index is 1660. The van der Waals surface area contributed by atoms with Crippen LogP contribution in [0.1, 0.15) is 30.1 Å². The lowest BCUT2D eigenvalue weighted by molar-refractivity contribution is 0.393. The maximum Gasteiger partial charge on any atom is 0.332 e. The normalized spacial score (nSPS) is 15.1. The second-order valence-corrected chi connectivity index (χ2v) is 10.5. The van der Waals surface area contributed by atoms with Gasteiger partial charge in [0.15, 0.2) is 5.82 Å². The number of halogens is 1. The number of alkyl halides is 1. The van der Waals surface area contributed by atoms with Crippen molar-refractivity contribution in [3.63, 3.8) is 0 Å². The van der Waals surface area contributed by atoms with Gasteiger partial charge in [-0.15, -0.1) is 0 Å². The first-order valence-corrected chi connectivity index (χ1v) is 12.3. The van der Waals surface area contributed by atoms with E-state index in [-0.39, 0.29) is 28.9 Å². The Kier molecular flexibility index (Phi) is 5.44. The molecule has 2 N–H and O–H groups in total. The van der Waals surface area contributed by atoms with Crippen LogP contribution in [0.15, 0.2) is 45.1 Å². The summed E-state index contributed by atoms with van der Waals surface area (Å²) in [5.74, 6) is 0.886. The molecule has 3 heterocycles. The van der Waals surface area contributed by atoms with Gasteiger partial charge >= 0.3 is 5.69 Å². The molecule has 0 spiro atoms. The Hall–Kier alpha value is -3.65. The molecule has 0 bridgehead atoms. The molecular weight excluding hydrogens is 479 g/mol. The van der Waals surface area contributed by atoms with Crippen LogP contribution in [0.2, 0.25) is 0 Å². The zero-order valence-electron chi connectivity index (χ0n) is 19.0. The van der Waals surface area contributed by atoms with Crippen molar-refractivity contribution < 1.29 is 12.8 Å². The second-order valence-electron chi connectivity index (χ2n) is 8.82. The standard InChI is InChI=1S/C21H23FN8O4S/c1-13-24-18(26-25-13)11-29-17-4-3-15(35(33,34)27-21(12-22)5-6-21)7-16(17)19(31)30(20(29)32)10-14-8-23-28(2)9-14/h3-4,7-9,27H,5-6,10-12H2,1-2H3,(H,24,25,26). The molecule has 0 atom stereocenters. The van der Waals surface area contributed by atoms with Crippen molar-refractivity contribution in [3.8, 4) is 0 Å². The number of aromatic amines is 1. The van der Waals surface area contributed by atoms with E-state index in [9.17, 15) is 22.4 Å². The van der Waals surface area contributed by atoms with Gasteiger partial charge in [-0.3, -0.25) is 23.7 Å². The highest BCUT2D eigenvalue weighted by Gasteiger charge is 2.46. The van der Waals surface area contributed by atoms with E-state index in [2.05, 4.69) is 25.0 Å². The number of hydrogen-bond donors (Lipinski definition) is 2. The Morgan fingerprint density at radius 1 is 1.20 bits per heavy atom. The molecule has 0 saturated heterocycles. The first-order chi connectivity index (χ1) is 16.6. The van der Waals surface area contributed by atoms with E-state index >= 15 is 0 Å². The number of sulfonamides is 1. The summed E-state index contributed by atoms with van der Waals surface area (Å²) in [4.78, 5) is 30.9. The van der Waals surface area contributed by atoms with Crippen molar-refractivity contribution in [1.82, 2.24) is 38.8 Å². The fourth-order valence-electron chi connectivity index (χ4n) is 3.96. The summed E-state index contributed by atoms with van der Waals surface area (Å²) in [6, 6.07) is 3.91. The van der Waals surface area contributed by atoms with Crippen molar-refractivity contribution in [1.29, 1.82) is 0 Å². The van der Waals surface area contributed by atoms with Crippen LogP contribution in [0.4, 0.5) is 4.39 Å². The number of aryl methyl sites for hydroxylation is 2. The molecule has 1 saturated carbocycles. The minimum Gasteiger partial charge on any atom is -0.285 e. The molecule has 1 aliphatic rings. The summed E-state index contributed by atoms with van der Waals surface area (Å²) in [5, 5.41) is 10.9. The Morgan fingerprint density at radius 2 is 1.97 bits per heavy atom. The third-order valence-electron chi connectivity index (χ3n) is 6.01. The van der Waals surface area contributed by atoms with Gasteiger partial charge < -0.3 is 0 Å². The Morgan fingerprint density at radius 3 is 2.57 bits per heavy atom. The highest BCUT2D eigenvalue weighted by molar-refractivity contribution is 7.89. The van der Waals surface area contributed by atoms with Gasteiger partial charge in [0.1, 0.15) is 12.5 Å². The quantitative estimate of drug-likeness (QED) is 0.349. The summed E-state index contributed by atoms with van der Waals surface area (Å²) in [7, 11) is -2.38. The molecule has 1 aromatic carbocycles. The molecule has 5 rings (SSSR count). The number of nitrogens with one attached hydrogen (secondary N) is 2. The molecule has 0 unspecified atom stereocenters. The van der Waals surface area contributed by atoms with Crippen molar-refractivity contribution >= 4 is 20.9 Å². The van der Waals surface area contributed by atoms with Gasteiger partial charge in [0.05, 0.1) is 40.6 Å². The van der Waals surface area contributed by atoms with E-state index in [1.54, 1.807) is 24.9 Å². The summed E-state index contributed by atoms with van der Waals surface area (Å²) in [6.45, 7) is 0.805. The molecule has 4 aromatic rings. The second kappa shape index (κ2) is 8.23. The van der Waals surface area contributed by atoms with E-state index in [0.717, 1.165) is 4.57 Å². The number of hydrogen-bond acceptors (Lipinski definition) is 7. The highest BCUT2D eigenvalue weighted by atomic mass is 32.2. The van der Waals surface area contributed by atoms with Gasteiger partial charge in [0.25, 0.3) is 5.56 Å². The zero-order valence-corrected chi connectivity index (χ0v) is 19.8. The predicted octanol–water partition coefficient (Wildman–Crippen LogP) is 0.200. The first kappa shape index (κ1) is 23.1. The van der Waals surface area contributed by atoms with Gasteiger partial charge in [-0.05, 0) is 38.0 Å². The lowest BCUT2D eigenvalue weighted by Gasteiger charge is -2.16. The third kappa shape index (κ3) is 4.30. The fourth-order valence-corrected chi connectivity index (χ4v) is 5.42. The van der Waals surface area contributed by atoms with E-state index < -0.39 is 33.5 Å². The Balaban J connectivity index is 1.68. The predicted molar refractivity (Wildman–Crippen MR) is 123 cm³/mol. The third-order valence-corrected chi connectivity index (χ3v) is 7.59. The minimum absolute atomic E-state index is 0.0220. The van der Waals surface area contributed by atoms with Gasteiger partial charge in [0, 0.05) is 18.8 Å². The number of fused-ring (bicyclic) bond motifs is 1. The number of nitrogens with zero attached hydrogens (tertiary/aromatic N) is 6. The lowest BCUT2D eigenvalue weighted by atomic mass is 10.2. The van der Waals surface area contributed by atoms with Crippen LogP contribution in [0.25, 0.3) is 10.9 Å². The molecular formula is C21H23FN8O4S. The van der Waals surface area contributed by atoms with E-state index in [4.69, 9.17) is 0 Å². The van der Waals surface area contributed by atoms with Gasteiger partial charge in [-0.25, -0.2) is 27.3 Å². The van der Waals surface area contributed by atoms with Crippen molar-refractivity contribution in [2.75, 3.05) is 6.67 Å². The molecule has 1 aliphatic carbocycles. The van der Waals surface area contributed by atoms with Crippen LogP contribution in [-0.2, 0) is 30.2 Å². The largest absolute Gasteiger partial charge is 0.332 e. The van der Waals surface area contributed by atoms with Crippen LogP contribution in [-0.4, -0.2) is 54.7 Å². The van der Waals surface area contributed by atoms with E-state index in [0.29, 0.717) is 30.1 Å². The smallest absolute Gasteiger partial charge is 0.285 e. The van der Waals surface area contributed by atoms with Crippen LogP contribution in [0.5, 0.6) is 0 Å². The maximum atomic E-state index is 13.4. The van der Waals surface area contributed by atoms with Crippen molar-refractivity contribution in [2.45, 2.75) is 43.3 Å². The van der Waals surface area contributed by atoms with E-state index in [1.165, 1.54) is 29.0 Å². The topological polar surface area (TPSA) is 150 Å². The highest BCUT2D eigenvalue weighted by Crippen LogP contribution is 2.37. The molecule has 184 valence electrons. The maximum absolute atomic E-state index is 13.4. The minimum atomic E-state index is -4.09. The summed E-state index contributed by atoms with van der Waals surface area (Å²) < 4.78 is 45.5. The van der Waals surface area contributed by atoms with Crippen molar-refractivity contribution in [2.24, 2.45) is 7.05 Å².